The quantitative estimate of drug-likeness (QED) is 0.260. The number of ketones is 1. The number of aliphatic hydroxyl groups excluding tert-OH is 1. The van der Waals surface area contributed by atoms with Crippen LogP contribution in [-0.4, -0.2) is 40.2 Å². The van der Waals surface area contributed by atoms with E-state index in [1.54, 1.807) is 31.2 Å². The van der Waals surface area contributed by atoms with Gasteiger partial charge < -0.3 is 14.6 Å². The number of rotatable bonds is 11. The van der Waals surface area contributed by atoms with Gasteiger partial charge in [-0.1, -0.05) is 67.2 Å². The van der Waals surface area contributed by atoms with Crippen LogP contribution in [0.3, 0.4) is 0 Å². The fraction of sp³-hybridized carbons (Fsp3) is 0.286. The van der Waals surface area contributed by atoms with E-state index in [0.29, 0.717) is 35.3 Å². The molecule has 0 saturated carbocycles. The molecule has 2 aromatic carbocycles. The molecule has 192 valence electrons. The number of aromatic nitrogens is 2. The van der Waals surface area contributed by atoms with Gasteiger partial charge in [0, 0.05) is 0 Å². The van der Waals surface area contributed by atoms with Gasteiger partial charge in [0.15, 0.2) is 23.0 Å². The van der Waals surface area contributed by atoms with Gasteiger partial charge in [0.25, 0.3) is 5.91 Å². The Bertz CT molecular complexity index is 1330. The van der Waals surface area contributed by atoms with Crippen LogP contribution in [0.4, 0.5) is 5.13 Å². The standard InChI is InChI=1S/C28H29N3O5S/c1-4-6-16-36-22-15-13-20(17-23(22)35-5-2)25-24(21(32)14-12-19-10-8-7-9-11-19)26(33)27(34)31(25)28-30-29-18(3)37-28/h7-15,17,25,33H,4-6,16H2,1-3H3. The number of nitrogens with zero attached hydrogens (tertiary/aromatic N) is 3. The van der Waals surface area contributed by atoms with E-state index in [4.69, 9.17) is 9.47 Å². The van der Waals surface area contributed by atoms with Crippen molar-refractivity contribution in [1.29, 1.82) is 0 Å². The maximum atomic E-state index is 13.4. The fourth-order valence-electron chi connectivity index (χ4n) is 3.99. The van der Waals surface area contributed by atoms with Crippen LogP contribution < -0.4 is 14.4 Å². The fourth-order valence-corrected chi connectivity index (χ4v) is 4.70. The molecule has 1 aromatic heterocycles. The van der Waals surface area contributed by atoms with Gasteiger partial charge in [0.2, 0.25) is 5.13 Å². The van der Waals surface area contributed by atoms with Crippen LogP contribution in [0.15, 0.2) is 65.9 Å². The summed E-state index contributed by atoms with van der Waals surface area (Å²) in [6.45, 7) is 6.67. The highest BCUT2D eigenvalue weighted by Crippen LogP contribution is 2.44. The molecule has 1 aliphatic heterocycles. The van der Waals surface area contributed by atoms with Gasteiger partial charge in [0.05, 0.1) is 24.8 Å². The normalized spacial score (nSPS) is 15.6. The van der Waals surface area contributed by atoms with Gasteiger partial charge in [-0.2, -0.15) is 0 Å². The molecular weight excluding hydrogens is 490 g/mol. The summed E-state index contributed by atoms with van der Waals surface area (Å²) in [7, 11) is 0. The number of allylic oxidation sites excluding steroid dienone is 1. The minimum Gasteiger partial charge on any atom is -0.503 e. The first kappa shape index (κ1) is 26.1. The van der Waals surface area contributed by atoms with Gasteiger partial charge in [-0.05, 0) is 49.6 Å². The zero-order valence-electron chi connectivity index (χ0n) is 21.0. The Balaban J connectivity index is 1.77. The van der Waals surface area contributed by atoms with Crippen LogP contribution in [0.5, 0.6) is 11.5 Å². The van der Waals surface area contributed by atoms with Crippen LogP contribution in [0.1, 0.15) is 48.9 Å². The number of hydrogen-bond acceptors (Lipinski definition) is 8. The smallest absolute Gasteiger partial charge is 0.296 e. The molecular formula is C28H29N3O5S. The van der Waals surface area contributed by atoms with Crippen molar-refractivity contribution in [2.75, 3.05) is 18.1 Å². The molecule has 0 fully saturated rings. The van der Waals surface area contributed by atoms with Crippen molar-refractivity contribution in [3.8, 4) is 11.5 Å². The third kappa shape index (κ3) is 5.72. The molecule has 37 heavy (non-hydrogen) atoms. The van der Waals surface area contributed by atoms with Crippen LogP contribution in [0, 0.1) is 6.92 Å². The molecule has 8 nitrogen and oxygen atoms in total. The highest BCUT2D eigenvalue weighted by Gasteiger charge is 2.45. The van der Waals surface area contributed by atoms with Gasteiger partial charge in [0.1, 0.15) is 5.01 Å². The Kier molecular flexibility index (Phi) is 8.35. The third-order valence-electron chi connectivity index (χ3n) is 5.76. The Morgan fingerprint density at radius 2 is 1.89 bits per heavy atom. The molecule has 1 unspecified atom stereocenters. The van der Waals surface area contributed by atoms with Gasteiger partial charge in [-0.3, -0.25) is 14.5 Å². The first-order valence-electron chi connectivity index (χ1n) is 12.2. The second-order valence-corrected chi connectivity index (χ2v) is 9.55. The number of benzene rings is 2. The lowest BCUT2D eigenvalue weighted by Gasteiger charge is -2.24. The summed E-state index contributed by atoms with van der Waals surface area (Å²) >= 11 is 1.20. The lowest BCUT2D eigenvalue weighted by molar-refractivity contribution is -0.117. The molecule has 1 amide bonds. The summed E-state index contributed by atoms with van der Waals surface area (Å²) in [5.41, 5.74) is 1.36. The predicted octanol–water partition coefficient (Wildman–Crippen LogP) is 5.61. The number of hydrogen-bond donors (Lipinski definition) is 1. The third-order valence-corrected chi connectivity index (χ3v) is 6.60. The first-order valence-corrected chi connectivity index (χ1v) is 13.0. The van der Waals surface area contributed by atoms with E-state index in [1.807, 2.05) is 37.3 Å². The van der Waals surface area contributed by atoms with Crippen molar-refractivity contribution in [3.05, 3.63) is 82.1 Å². The first-order chi connectivity index (χ1) is 17.9. The Labute approximate surface area is 219 Å². The number of aliphatic hydroxyl groups is 1. The van der Waals surface area contributed by atoms with Crippen molar-refractivity contribution >= 4 is 34.2 Å². The van der Waals surface area contributed by atoms with Gasteiger partial charge in [-0.15, -0.1) is 10.2 Å². The predicted molar refractivity (Wildman–Crippen MR) is 143 cm³/mol. The summed E-state index contributed by atoms with van der Waals surface area (Å²) in [4.78, 5) is 28.0. The summed E-state index contributed by atoms with van der Waals surface area (Å²) in [5, 5.41) is 20.0. The van der Waals surface area contributed by atoms with Crippen molar-refractivity contribution in [1.82, 2.24) is 10.2 Å². The molecule has 1 atom stereocenters. The second-order valence-electron chi connectivity index (χ2n) is 8.39. The van der Waals surface area contributed by atoms with Crippen molar-refractivity contribution in [3.63, 3.8) is 0 Å². The number of carbonyl (C=O) groups is 2. The van der Waals surface area contributed by atoms with Crippen molar-refractivity contribution in [2.45, 2.75) is 39.7 Å². The largest absolute Gasteiger partial charge is 0.503 e. The van der Waals surface area contributed by atoms with Crippen molar-refractivity contribution < 1.29 is 24.2 Å². The number of aryl methyl sites for hydroxylation is 1. The van der Waals surface area contributed by atoms with Crippen LogP contribution in [0.2, 0.25) is 0 Å². The minimum atomic E-state index is -0.920. The molecule has 1 N–H and O–H groups in total. The Hall–Kier alpha value is -3.98. The Morgan fingerprint density at radius 3 is 2.57 bits per heavy atom. The lowest BCUT2D eigenvalue weighted by Crippen LogP contribution is -2.31. The molecule has 3 aromatic rings. The van der Waals surface area contributed by atoms with E-state index in [2.05, 4.69) is 17.1 Å². The summed E-state index contributed by atoms with van der Waals surface area (Å²) < 4.78 is 11.7. The minimum absolute atomic E-state index is 0.0351. The molecule has 4 rings (SSSR count). The van der Waals surface area contributed by atoms with E-state index >= 15 is 0 Å². The molecule has 0 radical (unpaired) electrons. The van der Waals surface area contributed by atoms with E-state index in [-0.39, 0.29) is 10.7 Å². The van der Waals surface area contributed by atoms with Crippen LogP contribution in [0.25, 0.3) is 6.08 Å². The summed E-state index contributed by atoms with van der Waals surface area (Å²) in [6, 6.07) is 13.7. The van der Waals surface area contributed by atoms with E-state index in [0.717, 1.165) is 18.4 Å². The SMILES string of the molecule is CCCCOc1ccc(C2C(C(=O)C=Cc3ccccc3)=C(O)C(=O)N2c2nnc(C)s2)cc1OCC. The lowest BCUT2D eigenvalue weighted by atomic mass is 9.95. The molecule has 2 heterocycles. The second kappa shape index (κ2) is 11.8. The number of anilines is 1. The summed E-state index contributed by atoms with van der Waals surface area (Å²) in [5.74, 6) is -0.730. The average molecular weight is 520 g/mol. The highest BCUT2D eigenvalue weighted by atomic mass is 32.1. The number of carbonyl (C=O) groups excluding carboxylic acids is 2. The number of unbranched alkanes of at least 4 members (excludes halogenated alkanes) is 1. The molecule has 0 saturated heterocycles. The van der Waals surface area contributed by atoms with Crippen LogP contribution >= 0.6 is 11.3 Å². The molecule has 9 heteroatoms. The van der Waals surface area contributed by atoms with Crippen LogP contribution in [-0.2, 0) is 9.59 Å². The average Bonchev–Trinajstić information content (AvgIpc) is 3.44. The van der Waals surface area contributed by atoms with Crippen molar-refractivity contribution in [2.24, 2.45) is 0 Å². The zero-order chi connectivity index (χ0) is 26.4. The Morgan fingerprint density at radius 1 is 1.11 bits per heavy atom. The van der Waals surface area contributed by atoms with E-state index in [1.165, 1.54) is 22.3 Å². The zero-order valence-corrected chi connectivity index (χ0v) is 21.8. The monoisotopic (exact) mass is 519 g/mol. The molecule has 0 spiro atoms. The van der Waals surface area contributed by atoms with E-state index in [9.17, 15) is 14.7 Å². The summed E-state index contributed by atoms with van der Waals surface area (Å²) in [6.07, 6.45) is 4.91. The maximum absolute atomic E-state index is 13.4. The molecule has 0 bridgehead atoms. The maximum Gasteiger partial charge on any atom is 0.296 e. The molecule has 0 aliphatic carbocycles. The topological polar surface area (TPSA) is 102 Å². The number of ether oxygens (including phenoxy) is 2. The van der Waals surface area contributed by atoms with E-state index < -0.39 is 23.5 Å². The number of amides is 1. The van der Waals surface area contributed by atoms with Gasteiger partial charge >= 0.3 is 0 Å². The highest BCUT2D eigenvalue weighted by molar-refractivity contribution is 7.15. The van der Waals surface area contributed by atoms with Gasteiger partial charge in [-0.25, -0.2) is 0 Å². The molecule has 1 aliphatic rings.